The second-order valence-electron chi connectivity index (χ2n) is 5.82. The number of carbonyl (C=O) groups excluding carboxylic acids is 2. The fraction of sp³-hybridized carbons (Fsp3) is 0.500. The van der Waals surface area contributed by atoms with Crippen LogP contribution in [0.5, 0.6) is 0 Å². The third kappa shape index (κ3) is 4.15. The number of rotatable bonds is 6. The predicted molar refractivity (Wildman–Crippen MR) is 93.9 cm³/mol. The Morgan fingerprint density at radius 2 is 2.08 bits per heavy atom. The Kier molecular flexibility index (Phi) is 6.01. The van der Waals surface area contributed by atoms with E-state index in [0.717, 1.165) is 0 Å². The molecule has 0 saturated carbocycles. The number of benzene rings is 1. The Balaban J connectivity index is 2.14. The molecule has 1 N–H and O–H groups in total. The highest BCUT2D eigenvalue weighted by Crippen LogP contribution is 2.25. The lowest BCUT2D eigenvalue weighted by molar-refractivity contribution is -0.119. The van der Waals surface area contributed by atoms with Crippen molar-refractivity contribution in [2.75, 3.05) is 17.6 Å². The molecule has 0 unspecified atom stereocenters. The van der Waals surface area contributed by atoms with E-state index >= 15 is 0 Å². The van der Waals surface area contributed by atoms with Crippen LogP contribution in [0.3, 0.4) is 0 Å². The lowest BCUT2D eigenvalue weighted by atomic mass is 10.1. The number of amides is 1. The molecule has 132 valence electrons. The molecule has 1 amide bonds. The number of nitrogens with zero attached hydrogens (tertiary/aromatic N) is 1. The molecule has 1 aromatic carbocycles. The van der Waals surface area contributed by atoms with Crippen molar-refractivity contribution in [3.8, 4) is 0 Å². The fourth-order valence-electron chi connectivity index (χ4n) is 2.81. The first-order chi connectivity index (χ1) is 11.3. The molecule has 1 atom stereocenters. The number of halogens is 1. The molecule has 1 heterocycles. The van der Waals surface area contributed by atoms with Crippen LogP contribution in [0, 0.1) is 0 Å². The van der Waals surface area contributed by atoms with Gasteiger partial charge in [-0.25, -0.2) is 8.42 Å². The first-order valence-corrected chi connectivity index (χ1v) is 9.86. The van der Waals surface area contributed by atoms with Gasteiger partial charge in [0.25, 0.3) is 0 Å². The summed E-state index contributed by atoms with van der Waals surface area (Å²) in [5, 5.41) is 2.95. The lowest BCUT2D eigenvalue weighted by Gasteiger charge is -2.23. The van der Waals surface area contributed by atoms with Crippen LogP contribution in [0.15, 0.2) is 18.2 Å². The molecule has 1 aliphatic heterocycles. The highest BCUT2D eigenvalue weighted by Gasteiger charge is 2.38. The van der Waals surface area contributed by atoms with Crippen molar-refractivity contribution in [1.29, 1.82) is 0 Å². The number of nitrogens with one attached hydrogen (secondary N) is 1. The van der Waals surface area contributed by atoms with Gasteiger partial charge < -0.3 is 5.32 Å². The summed E-state index contributed by atoms with van der Waals surface area (Å²) in [5.41, 5.74) is 0.817. The molecule has 8 heteroatoms. The number of anilines is 1. The van der Waals surface area contributed by atoms with Crippen molar-refractivity contribution in [2.24, 2.45) is 0 Å². The summed E-state index contributed by atoms with van der Waals surface area (Å²) in [4.78, 5) is 23.9. The molecule has 1 saturated heterocycles. The first-order valence-electron chi connectivity index (χ1n) is 7.87. The third-order valence-corrected chi connectivity index (χ3v) is 6.33. The zero-order valence-corrected chi connectivity index (χ0v) is 15.3. The smallest absolute Gasteiger partial charge is 0.242 e. The van der Waals surface area contributed by atoms with Crippen LogP contribution >= 0.6 is 11.6 Å². The first kappa shape index (κ1) is 18.9. The summed E-state index contributed by atoms with van der Waals surface area (Å²) in [7, 11) is -3.42. The van der Waals surface area contributed by atoms with E-state index in [1.807, 2.05) is 0 Å². The van der Waals surface area contributed by atoms with Crippen LogP contribution < -0.4 is 5.32 Å². The minimum Gasteiger partial charge on any atom is -0.325 e. The van der Waals surface area contributed by atoms with Gasteiger partial charge in [0.1, 0.15) is 6.04 Å². The maximum Gasteiger partial charge on any atom is 0.242 e. The van der Waals surface area contributed by atoms with E-state index in [2.05, 4.69) is 5.32 Å². The highest BCUT2D eigenvalue weighted by molar-refractivity contribution is 7.89. The van der Waals surface area contributed by atoms with Crippen molar-refractivity contribution >= 4 is 39.0 Å². The summed E-state index contributed by atoms with van der Waals surface area (Å²) < 4.78 is 25.8. The maximum absolute atomic E-state index is 12.5. The Morgan fingerprint density at radius 3 is 2.67 bits per heavy atom. The minimum atomic E-state index is -3.42. The van der Waals surface area contributed by atoms with Crippen LogP contribution in [0.2, 0.25) is 5.02 Å². The molecule has 0 bridgehead atoms. The van der Waals surface area contributed by atoms with Gasteiger partial charge in [0.15, 0.2) is 5.78 Å². The second kappa shape index (κ2) is 7.63. The van der Waals surface area contributed by atoms with E-state index in [0.29, 0.717) is 37.1 Å². The maximum atomic E-state index is 12.5. The standard InChI is InChI=1S/C16H21ClN2O4S/c1-3-9-24(22,23)19-8-4-5-15(19)16(21)18-12-6-7-13(11(2)20)14(17)10-12/h6-7,10,15H,3-5,8-9H2,1-2H3,(H,18,21)/t15-/m1/s1. The molecule has 0 aromatic heterocycles. The fourth-order valence-corrected chi connectivity index (χ4v) is 4.87. The molecule has 0 radical (unpaired) electrons. The lowest BCUT2D eigenvalue weighted by Crippen LogP contribution is -2.44. The molecule has 1 aliphatic rings. The van der Waals surface area contributed by atoms with Gasteiger partial charge in [-0.2, -0.15) is 4.31 Å². The van der Waals surface area contributed by atoms with Crippen LogP contribution in [0.25, 0.3) is 0 Å². The minimum absolute atomic E-state index is 0.0376. The van der Waals surface area contributed by atoms with Crippen molar-refractivity contribution in [2.45, 2.75) is 39.2 Å². The van der Waals surface area contributed by atoms with E-state index in [9.17, 15) is 18.0 Å². The number of carbonyl (C=O) groups is 2. The van der Waals surface area contributed by atoms with Crippen molar-refractivity contribution < 1.29 is 18.0 Å². The normalized spacial score (nSPS) is 18.5. The summed E-state index contributed by atoms with van der Waals surface area (Å²) >= 11 is 6.03. The Morgan fingerprint density at radius 1 is 1.38 bits per heavy atom. The van der Waals surface area contributed by atoms with Crippen LogP contribution in [-0.4, -0.2) is 42.8 Å². The van der Waals surface area contributed by atoms with Crippen molar-refractivity contribution in [3.05, 3.63) is 28.8 Å². The number of ketones is 1. The van der Waals surface area contributed by atoms with Gasteiger partial charge in [0.05, 0.1) is 10.8 Å². The van der Waals surface area contributed by atoms with Gasteiger partial charge in [-0.1, -0.05) is 18.5 Å². The van der Waals surface area contributed by atoms with Gasteiger partial charge in [-0.15, -0.1) is 0 Å². The molecule has 1 aromatic rings. The Hall–Kier alpha value is -1.44. The van der Waals surface area contributed by atoms with E-state index in [1.165, 1.54) is 17.3 Å². The quantitative estimate of drug-likeness (QED) is 0.778. The molecule has 24 heavy (non-hydrogen) atoms. The molecule has 1 fully saturated rings. The van der Waals surface area contributed by atoms with Crippen LogP contribution in [0.1, 0.15) is 43.5 Å². The average molecular weight is 373 g/mol. The number of sulfonamides is 1. The summed E-state index contributed by atoms with van der Waals surface area (Å²) in [5.74, 6) is -0.500. The van der Waals surface area contributed by atoms with E-state index in [1.54, 1.807) is 19.1 Å². The van der Waals surface area contributed by atoms with Crippen molar-refractivity contribution in [1.82, 2.24) is 4.31 Å². The van der Waals surface area contributed by atoms with Gasteiger partial charge in [-0.3, -0.25) is 9.59 Å². The monoisotopic (exact) mass is 372 g/mol. The van der Waals surface area contributed by atoms with Gasteiger partial charge in [0.2, 0.25) is 15.9 Å². The van der Waals surface area contributed by atoms with Crippen LogP contribution in [0.4, 0.5) is 5.69 Å². The SMILES string of the molecule is CCCS(=O)(=O)N1CCC[C@@H]1C(=O)Nc1ccc(C(C)=O)c(Cl)c1. The van der Waals surface area contributed by atoms with Gasteiger partial charge in [0, 0.05) is 17.8 Å². The Labute approximate surface area is 147 Å². The molecule has 2 rings (SSSR count). The number of Topliss-reactive ketones (excluding diaryl/α,β-unsaturated/α-hetero) is 1. The molecule has 0 spiro atoms. The molecular weight excluding hydrogens is 352 g/mol. The van der Waals surface area contributed by atoms with E-state index < -0.39 is 16.1 Å². The Bertz CT molecular complexity index is 748. The van der Waals surface area contributed by atoms with E-state index in [-0.39, 0.29) is 22.5 Å². The van der Waals surface area contributed by atoms with Crippen molar-refractivity contribution in [3.63, 3.8) is 0 Å². The van der Waals surface area contributed by atoms with Gasteiger partial charge >= 0.3 is 0 Å². The number of hydrogen-bond acceptors (Lipinski definition) is 4. The summed E-state index contributed by atoms with van der Waals surface area (Å²) in [6.07, 6.45) is 1.66. The highest BCUT2D eigenvalue weighted by atomic mass is 35.5. The van der Waals surface area contributed by atoms with Gasteiger partial charge in [-0.05, 0) is 44.4 Å². The summed E-state index contributed by atoms with van der Waals surface area (Å²) in [6, 6.07) is 3.92. The van der Waals surface area contributed by atoms with E-state index in [4.69, 9.17) is 11.6 Å². The second-order valence-corrected chi connectivity index (χ2v) is 8.27. The average Bonchev–Trinajstić information content (AvgIpc) is 2.97. The number of hydrogen-bond donors (Lipinski definition) is 1. The molecular formula is C16H21ClN2O4S. The predicted octanol–water partition coefficient (Wildman–Crippen LogP) is 2.69. The zero-order valence-electron chi connectivity index (χ0n) is 13.7. The topological polar surface area (TPSA) is 83.6 Å². The summed E-state index contributed by atoms with van der Waals surface area (Å²) in [6.45, 7) is 3.57. The largest absolute Gasteiger partial charge is 0.325 e. The zero-order chi connectivity index (χ0) is 17.9. The molecule has 0 aliphatic carbocycles. The third-order valence-electron chi connectivity index (χ3n) is 3.94. The van der Waals surface area contributed by atoms with Crippen LogP contribution in [-0.2, 0) is 14.8 Å². The molecule has 6 nitrogen and oxygen atoms in total.